The first-order valence-electron chi connectivity index (χ1n) is 15.4. The SMILES string of the molecule is Cc1cn(Cc2ccc3c(c2)OCO3)c2cc(C(c3ccccn3)C3Cc4ccc(OCc5ccccc5)cc4C3)ccc12. The quantitative estimate of drug-likeness (QED) is 0.182. The van der Waals surface area contributed by atoms with Gasteiger partial charge in [0.2, 0.25) is 6.79 Å². The average molecular weight is 579 g/mol. The van der Waals surface area contributed by atoms with E-state index in [1.165, 1.54) is 44.3 Å². The Bertz CT molecular complexity index is 1950. The summed E-state index contributed by atoms with van der Waals surface area (Å²) < 4.78 is 19.7. The highest BCUT2D eigenvalue weighted by Gasteiger charge is 2.32. The maximum absolute atomic E-state index is 6.19. The van der Waals surface area contributed by atoms with Crippen molar-refractivity contribution in [2.75, 3.05) is 6.79 Å². The van der Waals surface area contributed by atoms with Crippen molar-refractivity contribution < 1.29 is 14.2 Å². The van der Waals surface area contributed by atoms with Crippen LogP contribution in [0.25, 0.3) is 10.9 Å². The van der Waals surface area contributed by atoms with Crippen LogP contribution in [-0.2, 0) is 26.0 Å². The number of ether oxygens (including phenoxy) is 3. The number of hydrogen-bond donors (Lipinski definition) is 0. The van der Waals surface area contributed by atoms with E-state index in [0.29, 0.717) is 12.5 Å². The smallest absolute Gasteiger partial charge is 0.231 e. The van der Waals surface area contributed by atoms with E-state index in [4.69, 9.17) is 19.2 Å². The number of nitrogens with zero attached hydrogens (tertiary/aromatic N) is 2. The number of aryl methyl sites for hydroxylation is 1. The summed E-state index contributed by atoms with van der Waals surface area (Å²) in [5.74, 6) is 3.15. The number of rotatable bonds is 8. The minimum Gasteiger partial charge on any atom is -0.489 e. The molecule has 4 aromatic carbocycles. The van der Waals surface area contributed by atoms with Crippen LogP contribution >= 0.6 is 0 Å². The summed E-state index contributed by atoms with van der Waals surface area (Å²) in [5, 5.41) is 1.28. The molecule has 44 heavy (non-hydrogen) atoms. The third kappa shape index (κ3) is 5.09. The lowest BCUT2D eigenvalue weighted by atomic mass is 9.81. The van der Waals surface area contributed by atoms with Crippen LogP contribution in [0.15, 0.2) is 116 Å². The Morgan fingerprint density at radius 1 is 0.818 bits per heavy atom. The summed E-state index contributed by atoms with van der Waals surface area (Å²) in [7, 11) is 0. The Kier molecular flexibility index (Phi) is 6.79. The fraction of sp³-hybridized carbons (Fsp3) is 0.205. The van der Waals surface area contributed by atoms with E-state index in [1.54, 1.807) is 0 Å². The van der Waals surface area contributed by atoms with Crippen molar-refractivity contribution in [1.82, 2.24) is 9.55 Å². The van der Waals surface area contributed by atoms with Crippen LogP contribution in [0.5, 0.6) is 17.2 Å². The molecule has 3 heterocycles. The molecule has 2 atom stereocenters. The number of aromatic nitrogens is 2. The van der Waals surface area contributed by atoms with Crippen LogP contribution in [0.1, 0.15) is 45.0 Å². The van der Waals surface area contributed by atoms with Crippen LogP contribution in [0.4, 0.5) is 0 Å². The maximum atomic E-state index is 6.19. The van der Waals surface area contributed by atoms with E-state index in [9.17, 15) is 0 Å². The highest BCUT2D eigenvalue weighted by Crippen LogP contribution is 2.42. The number of fused-ring (bicyclic) bond motifs is 3. The highest BCUT2D eigenvalue weighted by molar-refractivity contribution is 5.84. The molecule has 5 nitrogen and oxygen atoms in total. The summed E-state index contributed by atoms with van der Waals surface area (Å²) in [4.78, 5) is 4.89. The van der Waals surface area contributed by atoms with E-state index in [1.807, 2.05) is 24.4 Å². The zero-order valence-corrected chi connectivity index (χ0v) is 24.8. The summed E-state index contributed by atoms with van der Waals surface area (Å²) >= 11 is 0. The predicted molar refractivity (Wildman–Crippen MR) is 173 cm³/mol. The molecule has 0 saturated heterocycles. The van der Waals surface area contributed by atoms with Gasteiger partial charge in [-0.15, -0.1) is 0 Å². The van der Waals surface area contributed by atoms with Gasteiger partial charge in [0.1, 0.15) is 12.4 Å². The standard InChI is InChI=1S/C39H34N2O3/c1-26-22-41(23-28-10-15-37-38(17-28)44-25-43-37)36-21-30(12-14-34(26)36)39(35-9-5-6-16-40-35)32-18-29-11-13-33(20-31(29)19-32)42-24-27-7-3-2-4-8-27/h2-17,20-22,32,39H,18-19,23-25H2,1H3. The summed E-state index contributed by atoms with van der Waals surface area (Å²) in [6.07, 6.45) is 6.20. The topological polar surface area (TPSA) is 45.5 Å². The fourth-order valence-electron chi connectivity index (χ4n) is 6.99. The number of pyridine rings is 1. The molecule has 1 aliphatic carbocycles. The second kappa shape index (κ2) is 11.2. The van der Waals surface area contributed by atoms with Gasteiger partial charge in [-0.2, -0.15) is 0 Å². The van der Waals surface area contributed by atoms with Gasteiger partial charge in [0, 0.05) is 41.5 Å². The van der Waals surface area contributed by atoms with Crippen molar-refractivity contribution in [3.63, 3.8) is 0 Å². The van der Waals surface area contributed by atoms with Crippen molar-refractivity contribution in [3.05, 3.63) is 155 Å². The first-order chi connectivity index (χ1) is 21.7. The summed E-state index contributed by atoms with van der Waals surface area (Å²) in [5.41, 5.74) is 10.1. The summed E-state index contributed by atoms with van der Waals surface area (Å²) in [6.45, 7) is 3.82. The van der Waals surface area contributed by atoms with Gasteiger partial charge in [0.05, 0.1) is 0 Å². The minimum absolute atomic E-state index is 0.177. The lowest BCUT2D eigenvalue weighted by molar-refractivity contribution is 0.174. The van der Waals surface area contributed by atoms with E-state index < -0.39 is 0 Å². The molecule has 6 aromatic rings. The Labute approximate surface area is 257 Å². The molecule has 0 amide bonds. The van der Waals surface area contributed by atoms with Crippen molar-refractivity contribution in [2.24, 2.45) is 5.92 Å². The zero-order valence-electron chi connectivity index (χ0n) is 24.8. The minimum atomic E-state index is 0.177. The van der Waals surface area contributed by atoms with E-state index in [-0.39, 0.29) is 12.7 Å². The van der Waals surface area contributed by atoms with Gasteiger partial charge in [-0.25, -0.2) is 0 Å². The van der Waals surface area contributed by atoms with Crippen molar-refractivity contribution in [1.29, 1.82) is 0 Å². The van der Waals surface area contributed by atoms with Crippen LogP contribution < -0.4 is 14.2 Å². The normalized spacial score (nSPS) is 15.8. The molecule has 0 saturated carbocycles. The molecule has 8 rings (SSSR count). The molecule has 0 spiro atoms. The van der Waals surface area contributed by atoms with Gasteiger partial charge in [-0.05, 0) is 102 Å². The third-order valence-electron chi connectivity index (χ3n) is 9.12. The van der Waals surface area contributed by atoms with Crippen LogP contribution in [0.3, 0.4) is 0 Å². The molecule has 0 radical (unpaired) electrons. The van der Waals surface area contributed by atoms with E-state index in [2.05, 4.69) is 103 Å². The van der Waals surface area contributed by atoms with Gasteiger partial charge in [0.25, 0.3) is 0 Å². The molecule has 2 aromatic heterocycles. The molecule has 5 heteroatoms. The van der Waals surface area contributed by atoms with Gasteiger partial charge < -0.3 is 18.8 Å². The molecule has 0 bridgehead atoms. The Morgan fingerprint density at radius 3 is 2.57 bits per heavy atom. The largest absolute Gasteiger partial charge is 0.489 e. The molecule has 218 valence electrons. The Morgan fingerprint density at radius 2 is 1.68 bits per heavy atom. The van der Waals surface area contributed by atoms with Crippen LogP contribution in [-0.4, -0.2) is 16.3 Å². The van der Waals surface area contributed by atoms with Gasteiger partial charge in [-0.1, -0.05) is 60.7 Å². The van der Waals surface area contributed by atoms with Gasteiger partial charge in [0.15, 0.2) is 11.5 Å². The average Bonchev–Trinajstić information content (AvgIpc) is 3.78. The van der Waals surface area contributed by atoms with Crippen LogP contribution in [0, 0.1) is 12.8 Å². The van der Waals surface area contributed by atoms with Crippen molar-refractivity contribution in [2.45, 2.75) is 38.8 Å². The van der Waals surface area contributed by atoms with Crippen LogP contribution in [0.2, 0.25) is 0 Å². The first kappa shape index (κ1) is 26.6. The molecule has 1 aliphatic heterocycles. The van der Waals surface area contributed by atoms with Crippen molar-refractivity contribution in [3.8, 4) is 17.2 Å². The monoisotopic (exact) mass is 578 g/mol. The molecule has 2 aliphatic rings. The zero-order chi connectivity index (χ0) is 29.5. The van der Waals surface area contributed by atoms with Gasteiger partial charge in [-0.3, -0.25) is 4.98 Å². The first-order valence-corrected chi connectivity index (χ1v) is 15.4. The lowest BCUT2D eigenvalue weighted by Crippen LogP contribution is -2.16. The highest BCUT2D eigenvalue weighted by atomic mass is 16.7. The van der Waals surface area contributed by atoms with E-state index >= 15 is 0 Å². The maximum Gasteiger partial charge on any atom is 0.231 e. The summed E-state index contributed by atoms with van der Waals surface area (Å²) in [6, 6.07) is 36.5. The second-order valence-corrected chi connectivity index (χ2v) is 12.0. The Hall–Kier alpha value is -5.03. The van der Waals surface area contributed by atoms with Gasteiger partial charge >= 0.3 is 0 Å². The fourth-order valence-corrected chi connectivity index (χ4v) is 6.99. The van der Waals surface area contributed by atoms with E-state index in [0.717, 1.165) is 42.3 Å². The second-order valence-electron chi connectivity index (χ2n) is 12.0. The molecule has 0 N–H and O–H groups in total. The lowest BCUT2D eigenvalue weighted by Gasteiger charge is -2.24. The molecular formula is C39H34N2O3. The molecule has 2 unspecified atom stereocenters. The number of benzene rings is 4. The Balaban J connectivity index is 1.10. The number of hydrogen-bond acceptors (Lipinski definition) is 4. The van der Waals surface area contributed by atoms with Crippen molar-refractivity contribution >= 4 is 10.9 Å². The molecule has 0 fully saturated rings. The molecular weight excluding hydrogens is 544 g/mol. The predicted octanol–water partition coefficient (Wildman–Crippen LogP) is 8.25. The third-order valence-corrected chi connectivity index (χ3v) is 9.12.